The lowest BCUT2D eigenvalue weighted by molar-refractivity contribution is -0.157. The molecule has 0 aromatic heterocycles. The standard InChI is InChI=1S/C24H24ClFN2O5/c1-28(24(13-7-6-12-20(24)29)17-9-3-4-10-18(17)25)21(30)15-33-22(31)14-27-23(32)16-8-2-5-11-19(16)26/h2-5,8-11H,6-7,12-15H2,1H3,(H,27,32). The number of amides is 2. The summed E-state index contributed by atoms with van der Waals surface area (Å²) in [5.41, 5.74) is -0.909. The van der Waals surface area contributed by atoms with E-state index < -0.39 is 42.3 Å². The summed E-state index contributed by atoms with van der Waals surface area (Å²) in [6, 6.07) is 12.2. The molecule has 1 aliphatic rings. The van der Waals surface area contributed by atoms with Crippen molar-refractivity contribution >= 4 is 35.2 Å². The zero-order valence-corrected chi connectivity index (χ0v) is 18.9. The van der Waals surface area contributed by atoms with Crippen molar-refractivity contribution in [1.29, 1.82) is 0 Å². The van der Waals surface area contributed by atoms with Gasteiger partial charge in [-0.1, -0.05) is 41.9 Å². The predicted molar refractivity (Wildman–Crippen MR) is 119 cm³/mol. The van der Waals surface area contributed by atoms with Gasteiger partial charge in [0.1, 0.15) is 17.9 Å². The third kappa shape index (κ3) is 5.22. The topological polar surface area (TPSA) is 92.8 Å². The maximum atomic E-state index is 13.7. The number of carbonyl (C=O) groups excluding carboxylic acids is 4. The van der Waals surface area contributed by atoms with Gasteiger partial charge in [-0.3, -0.25) is 19.2 Å². The van der Waals surface area contributed by atoms with Crippen molar-refractivity contribution in [3.8, 4) is 0 Å². The Morgan fingerprint density at radius 1 is 1.12 bits per heavy atom. The van der Waals surface area contributed by atoms with Gasteiger partial charge >= 0.3 is 5.97 Å². The molecule has 174 valence electrons. The largest absolute Gasteiger partial charge is 0.454 e. The van der Waals surface area contributed by atoms with Gasteiger partial charge in [0, 0.05) is 24.1 Å². The average molecular weight is 475 g/mol. The maximum Gasteiger partial charge on any atom is 0.325 e. The second kappa shape index (κ2) is 10.6. The van der Waals surface area contributed by atoms with E-state index in [1.807, 2.05) is 0 Å². The van der Waals surface area contributed by atoms with Crippen molar-refractivity contribution in [3.05, 3.63) is 70.5 Å². The van der Waals surface area contributed by atoms with Gasteiger partial charge in [0.15, 0.2) is 12.4 Å². The molecular weight excluding hydrogens is 451 g/mol. The molecule has 1 aliphatic carbocycles. The number of ketones is 1. The summed E-state index contributed by atoms with van der Waals surface area (Å²) in [7, 11) is 1.49. The Balaban J connectivity index is 1.64. The molecule has 1 saturated carbocycles. The van der Waals surface area contributed by atoms with Crippen molar-refractivity contribution in [3.63, 3.8) is 0 Å². The number of nitrogens with one attached hydrogen (secondary N) is 1. The molecule has 1 fully saturated rings. The summed E-state index contributed by atoms with van der Waals surface area (Å²) >= 11 is 6.38. The van der Waals surface area contributed by atoms with E-state index in [4.69, 9.17) is 16.3 Å². The first-order valence-corrected chi connectivity index (χ1v) is 10.9. The fourth-order valence-electron chi connectivity index (χ4n) is 4.03. The summed E-state index contributed by atoms with van der Waals surface area (Å²) in [6.07, 6.45) is 2.18. The van der Waals surface area contributed by atoms with Gasteiger partial charge in [0.25, 0.3) is 11.8 Å². The zero-order chi connectivity index (χ0) is 24.0. The Bertz CT molecular complexity index is 1080. The highest BCUT2D eigenvalue weighted by Crippen LogP contribution is 2.42. The number of esters is 1. The summed E-state index contributed by atoms with van der Waals surface area (Å²) in [6.45, 7) is -1.16. The number of rotatable bonds is 7. The fraction of sp³-hybridized carbons (Fsp3) is 0.333. The van der Waals surface area contributed by atoms with Crippen LogP contribution in [0.15, 0.2) is 48.5 Å². The summed E-state index contributed by atoms with van der Waals surface area (Å²) in [4.78, 5) is 51.3. The van der Waals surface area contributed by atoms with Gasteiger partial charge in [-0.15, -0.1) is 0 Å². The molecule has 2 aromatic rings. The summed E-state index contributed by atoms with van der Waals surface area (Å²) in [5, 5.41) is 2.63. The van der Waals surface area contributed by atoms with Crippen molar-refractivity contribution in [2.75, 3.05) is 20.2 Å². The predicted octanol–water partition coefficient (Wildman–Crippen LogP) is 3.25. The van der Waals surface area contributed by atoms with Gasteiger partial charge in [-0.25, -0.2) is 4.39 Å². The van der Waals surface area contributed by atoms with Gasteiger partial charge in [-0.2, -0.15) is 0 Å². The van der Waals surface area contributed by atoms with E-state index in [9.17, 15) is 23.6 Å². The average Bonchev–Trinajstić information content (AvgIpc) is 2.81. The number of benzene rings is 2. The molecule has 2 aromatic carbocycles. The third-order valence-electron chi connectivity index (χ3n) is 5.79. The van der Waals surface area contributed by atoms with Crippen LogP contribution in [0.4, 0.5) is 4.39 Å². The first-order valence-electron chi connectivity index (χ1n) is 10.5. The first kappa shape index (κ1) is 24.4. The quantitative estimate of drug-likeness (QED) is 0.622. The van der Waals surface area contributed by atoms with Gasteiger partial charge in [-0.05, 0) is 37.5 Å². The minimum atomic E-state index is -1.24. The van der Waals surface area contributed by atoms with Crippen LogP contribution in [-0.4, -0.2) is 48.7 Å². The lowest BCUT2D eigenvalue weighted by Crippen LogP contribution is -2.55. The van der Waals surface area contributed by atoms with Crippen molar-refractivity contribution < 1.29 is 28.3 Å². The Morgan fingerprint density at radius 3 is 2.52 bits per heavy atom. The maximum absolute atomic E-state index is 13.7. The monoisotopic (exact) mass is 474 g/mol. The van der Waals surface area contributed by atoms with Crippen LogP contribution in [0.25, 0.3) is 0 Å². The van der Waals surface area contributed by atoms with E-state index in [1.165, 1.54) is 30.1 Å². The molecule has 2 amide bonds. The zero-order valence-electron chi connectivity index (χ0n) is 18.1. The molecule has 3 rings (SSSR count). The molecule has 1 N–H and O–H groups in total. The number of halogens is 2. The molecule has 0 bridgehead atoms. The molecule has 0 heterocycles. The number of carbonyl (C=O) groups is 4. The second-order valence-electron chi connectivity index (χ2n) is 7.75. The number of hydrogen-bond acceptors (Lipinski definition) is 5. The van der Waals surface area contributed by atoms with Crippen LogP contribution in [0, 0.1) is 5.82 Å². The highest BCUT2D eigenvalue weighted by atomic mass is 35.5. The van der Waals surface area contributed by atoms with Gasteiger partial charge in [0.2, 0.25) is 0 Å². The van der Waals surface area contributed by atoms with E-state index in [0.717, 1.165) is 18.9 Å². The summed E-state index contributed by atoms with van der Waals surface area (Å²) < 4.78 is 18.7. The Morgan fingerprint density at radius 2 is 1.82 bits per heavy atom. The van der Waals surface area contributed by atoms with Crippen LogP contribution in [0.1, 0.15) is 41.6 Å². The van der Waals surface area contributed by atoms with Crippen LogP contribution in [0.2, 0.25) is 5.02 Å². The summed E-state index contributed by atoms with van der Waals surface area (Å²) in [5.74, 6) is -3.08. The molecular formula is C24H24ClFN2O5. The van der Waals surface area contributed by atoms with E-state index >= 15 is 0 Å². The van der Waals surface area contributed by atoms with Crippen molar-refractivity contribution in [2.24, 2.45) is 0 Å². The lowest BCUT2D eigenvalue weighted by Gasteiger charge is -2.43. The van der Waals surface area contributed by atoms with Gasteiger partial charge in [0.05, 0.1) is 5.56 Å². The van der Waals surface area contributed by atoms with E-state index in [0.29, 0.717) is 23.4 Å². The highest BCUT2D eigenvalue weighted by Gasteiger charge is 2.48. The first-order chi connectivity index (χ1) is 15.8. The van der Waals surface area contributed by atoms with Crippen LogP contribution in [0.3, 0.4) is 0 Å². The fourth-order valence-corrected chi connectivity index (χ4v) is 4.32. The number of Topliss-reactive ketones (excluding diaryl/α,β-unsaturated/α-hetero) is 1. The molecule has 7 nitrogen and oxygen atoms in total. The second-order valence-corrected chi connectivity index (χ2v) is 8.15. The van der Waals surface area contributed by atoms with Crippen LogP contribution in [-0.2, 0) is 24.7 Å². The minimum Gasteiger partial charge on any atom is -0.454 e. The number of ether oxygens (including phenoxy) is 1. The molecule has 0 saturated heterocycles. The van der Waals surface area contributed by atoms with Crippen LogP contribution in [0.5, 0.6) is 0 Å². The van der Waals surface area contributed by atoms with Crippen LogP contribution < -0.4 is 5.32 Å². The van der Waals surface area contributed by atoms with Gasteiger partial charge < -0.3 is 15.0 Å². The van der Waals surface area contributed by atoms with E-state index in [2.05, 4.69) is 5.32 Å². The molecule has 1 unspecified atom stereocenters. The number of hydrogen-bond donors (Lipinski definition) is 1. The molecule has 33 heavy (non-hydrogen) atoms. The normalized spacial score (nSPS) is 17.8. The lowest BCUT2D eigenvalue weighted by atomic mass is 9.74. The Kier molecular flexibility index (Phi) is 7.81. The Labute approximate surface area is 195 Å². The Hall–Kier alpha value is -3.26. The van der Waals surface area contributed by atoms with Crippen molar-refractivity contribution in [2.45, 2.75) is 31.2 Å². The smallest absolute Gasteiger partial charge is 0.325 e. The molecule has 0 radical (unpaired) electrons. The van der Waals surface area contributed by atoms with E-state index in [1.54, 1.807) is 24.3 Å². The number of nitrogens with zero attached hydrogens (tertiary/aromatic N) is 1. The highest BCUT2D eigenvalue weighted by molar-refractivity contribution is 6.31. The van der Waals surface area contributed by atoms with Crippen molar-refractivity contribution in [1.82, 2.24) is 10.2 Å². The minimum absolute atomic E-state index is 0.124. The number of likely N-dealkylation sites (N-methyl/N-ethyl adjacent to an activating group) is 1. The molecule has 0 spiro atoms. The third-order valence-corrected chi connectivity index (χ3v) is 6.12. The van der Waals surface area contributed by atoms with Crippen LogP contribution >= 0.6 is 11.6 Å². The SMILES string of the molecule is CN(C(=O)COC(=O)CNC(=O)c1ccccc1F)C1(c2ccccc2Cl)CCCCC1=O. The molecule has 9 heteroatoms. The molecule has 1 atom stereocenters. The molecule has 0 aliphatic heterocycles. The van der Waals surface area contributed by atoms with E-state index in [-0.39, 0.29) is 11.3 Å².